The molecule has 0 spiro atoms. The second-order valence-electron chi connectivity index (χ2n) is 16.2. The Morgan fingerprint density at radius 3 is 1.60 bits per heavy atom. The van der Waals surface area contributed by atoms with Gasteiger partial charge in [0.15, 0.2) is 31.2 Å². The minimum Gasteiger partial charge on any atom is -0.468 e. The molecule has 1 unspecified atom stereocenters. The van der Waals surface area contributed by atoms with Gasteiger partial charge in [-0.1, -0.05) is 80.5 Å². The quantitative estimate of drug-likeness (QED) is 0.199. The van der Waals surface area contributed by atoms with Crippen LogP contribution in [-0.4, -0.2) is 72.7 Å². The zero-order valence-electron chi connectivity index (χ0n) is 28.8. The molecular formula is C30H56O9SSi3. The number of hydrogen-bond donors (Lipinski definition) is 3. The molecule has 0 amide bonds. The van der Waals surface area contributed by atoms with Gasteiger partial charge in [0.05, 0.1) is 4.90 Å². The Bertz CT molecular complexity index is 1280. The van der Waals surface area contributed by atoms with Gasteiger partial charge in [0.2, 0.25) is 26.8 Å². The molecule has 0 saturated heterocycles. The van der Waals surface area contributed by atoms with Crippen LogP contribution in [0, 0.1) is 0 Å². The van der Waals surface area contributed by atoms with E-state index in [1.807, 2.05) is 102 Å². The standard InChI is InChI=1S/C30H56O9SSi3/c1-26(2,3)41(10,11)37-25(31)24-30(33,39-43(14,15)28(7,8)9)29(32,38-42(12,13)27(4,5)6)21-23(36-24)40(34,35)22-19-17-16-18-20-22/h16-21,24-25,31-33H,1-15H3/t24-,25?,29+,30+/m1/s1. The minimum absolute atomic E-state index is 0.0924. The molecule has 2 rings (SSSR count). The van der Waals surface area contributed by atoms with Crippen molar-refractivity contribution < 1.29 is 41.8 Å². The van der Waals surface area contributed by atoms with Gasteiger partial charge in [-0.05, 0) is 66.5 Å². The highest BCUT2D eigenvalue weighted by molar-refractivity contribution is 7.95. The van der Waals surface area contributed by atoms with E-state index in [9.17, 15) is 23.7 Å². The van der Waals surface area contributed by atoms with Crippen molar-refractivity contribution in [3.63, 3.8) is 0 Å². The van der Waals surface area contributed by atoms with E-state index in [1.165, 1.54) is 12.1 Å². The number of sulfone groups is 1. The van der Waals surface area contributed by atoms with E-state index >= 15 is 0 Å². The van der Waals surface area contributed by atoms with Crippen LogP contribution in [0.25, 0.3) is 0 Å². The van der Waals surface area contributed by atoms with Crippen molar-refractivity contribution in [3.05, 3.63) is 41.5 Å². The van der Waals surface area contributed by atoms with Gasteiger partial charge >= 0.3 is 0 Å². The van der Waals surface area contributed by atoms with Crippen molar-refractivity contribution in [1.29, 1.82) is 0 Å². The Morgan fingerprint density at radius 1 is 0.767 bits per heavy atom. The van der Waals surface area contributed by atoms with Crippen molar-refractivity contribution in [1.82, 2.24) is 0 Å². The molecule has 43 heavy (non-hydrogen) atoms. The maximum absolute atomic E-state index is 13.9. The third-order valence-electron chi connectivity index (χ3n) is 9.69. The Hall–Kier alpha value is -0.879. The van der Waals surface area contributed by atoms with Crippen LogP contribution in [0.5, 0.6) is 0 Å². The number of hydrogen-bond acceptors (Lipinski definition) is 9. The fourth-order valence-electron chi connectivity index (χ4n) is 3.67. The lowest BCUT2D eigenvalue weighted by molar-refractivity contribution is -0.379. The summed E-state index contributed by atoms with van der Waals surface area (Å²) in [7, 11) is -13.1. The predicted molar refractivity (Wildman–Crippen MR) is 177 cm³/mol. The lowest BCUT2D eigenvalue weighted by Crippen LogP contribution is -2.74. The topological polar surface area (TPSA) is 132 Å². The van der Waals surface area contributed by atoms with Crippen LogP contribution >= 0.6 is 0 Å². The fourth-order valence-corrected chi connectivity index (χ4v) is 8.68. The van der Waals surface area contributed by atoms with Crippen molar-refractivity contribution in [2.45, 2.75) is 146 Å². The molecule has 0 fully saturated rings. The molecule has 4 atom stereocenters. The lowest BCUT2D eigenvalue weighted by atomic mass is 9.97. The summed E-state index contributed by atoms with van der Waals surface area (Å²) in [4.78, 5) is -0.0924. The summed E-state index contributed by atoms with van der Waals surface area (Å²) in [5.74, 6) is -5.51. The molecule has 1 aromatic carbocycles. The monoisotopic (exact) mass is 676 g/mol. The van der Waals surface area contributed by atoms with E-state index in [-0.39, 0.29) is 9.93 Å². The Balaban J connectivity index is 2.97. The van der Waals surface area contributed by atoms with E-state index in [0.717, 1.165) is 6.08 Å². The van der Waals surface area contributed by atoms with E-state index in [1.54, 1.807) is 18.2 Å². The van der Waals surface area contributed by atoms with Gasteiger partial charge < -0.3 is 33.3 Å². The SMILES string of the molecule is CC(C)(C)[Si](C)(C)OC(O)[C@H]1OC(S(=O)(=O)c2ccccc2)=C[C@](O)(O[Si](C)(C)C(C)(C)C)[C@@]1(O)O[Si](C)(C)C(C)(C)C. The summed E-state index contributed by atoms with van der Waals surface area (Å²) in [6.45, 7) is 29.0. The summed E-state index contributed by atoms with van der Waals surface area (Å²) >= 11 is 0. The Morgan fingerprint density at radius 2 is 1.19 bits per heavy atom. The molecule has 0 aromatic heterocycles. The molecular weight excluding hydrogens is 621 g/mol. The summed E-state index contributed by atoms with van der Waals surface area (Å²) in [6, 6.07) is 7.61. The van der Waals surface area contributed by atoms with Gasteiger partial charge in [-0.15, -0.1) is 0 Å². The molecule has 248 valence electrons. The van der Waals surface area contributed by atoms with Crippen LogP contribution in [0.3, 0.4) is 0 Å². The smallest absolute Gasteiger partial charge is 0.258 e. The van der Waals surface area contributed by atoms with Gasteiger partial charge in [-0.3, -0.25) is 0 Å². The Kier molecular flexibility index (Phi) is 10.4. The highest BCUT2D eigenvalue weighted by atomic mass is 32.2. The largest absolute Gasteiger partial charge is 0.468 e. The minimum atomic E-state index is -4.38. The van der Waals surface area contributed by atoms with Crippen molar-refractivity contribution in [2.24, 2.45) is 0 Å². The second-order valence-corrected chi connectivity index (χ2v) is 32.3. The maximum Gasteiger partial charge on any atom is 0.258 e. The molecule has 1 heterocycles. The number of rotatable bonds is 9. The van der Waals surface area contributed by atoms with Gasteiger partial charge in [0, 0.05) is 6.08 Å². The number of aliphatic hydroxyl groups excluding tert-OH is 1. The summed E-state index contributed by atoms with van der Waals surface area (Å²) in [6.07, 6.45) is -2.90. The lowest BCUT2D eigenvalue weighted by Gasteiger charge is -2.56. The fraction of sp³-hybridized carbons (Fsp3) is 0.733. The molecule has 0 aliphatic carbocycles. The van der Waals surface area contributed by atoms with Crippen LogP contribution in [0.4, 0.5) is 0 Å². The number of aliphatic hydroxyl groups is 3. The zero-order valence-corrected chi connectivity index (χ0v) is 32.6. The molecule has 0 bridgehead atoms. The predicted octanol–water partition coefficient (Wildman–Crippen LogP) is 6.46. The molecule has 1 aliphatic heterocycles. The van der Waals surface area contributed by atoms with E-state index in [0.29, 0.717) is 0 Å². The average Bonchev–Trinajstić information content (AvgIpc) is 2.78. The van der Waals surface area contributed by atoms with Gasteiger partial charge in [0.1, 0.15) is 0 Å². The molecule has 0 radical (unpaired) electrons. The third kappa shape index (κ3) is 7.58. The van der Waals surface area contributed by atoms with Gasteiger partial charge in [-0.25, -0.2) is 8.42 Å². The first-order valence-corrected chi connectivity index (χ1v) is 25.0. The van der Waals surface area contributed by atoms with Crippen LogP contribution in [0.1, 0.15) is 62.3 Å². The first-order chi connectivity index (χ1) is 18.8. The van der Waals surface area contributed by atoms with Crippen molar-refractivity contribution >= 4 is 34.8 Å². The van der Waals surface area contributed by atoms with E-state index in [4.69, 9.17) is 18.0 Å². The molecule has 9 nitrogen and oxygen atoms in total. The van der Waals surface area contributed by atoms with E-state index in [2.05, 4.69) is 0 Å². The molecule has 0 saturated carbocycles. The Labute approximate surface area is 262 Å². The summed E-state index contributed by atoms with van der Waals surface area (Å²) < 4.78 is 53.2. The maximum atomic E-state index is 13.9. The number of benzene rings is 1. The molecule has 1 aliphatic rings. The summed E-state index contributed by atoms with van der Waals surface area (Å²) in [5.41, 5.74) is 0. The first-order valence-electron chi connectivity index (χ1n) is 14.8. The van der Waals surface area contributed by atoms with Crippen molar-refractivity contribution in [3.8, 4) is 0 Å². The number of ether oxygens (including phenoxy) is 1. The highest BCUT2D eigenvalue weighted by Crippen LogP contribution is 2.51. The van der Waals surface area contributed by atoms with Crippen LogP contribution in [0.2, 0.25) is 54.4 Å². The van der Waals surface area contributed by atoms with Gasteiger partial charge in [-0.2, -0.15) is 0 Å². The normalized spacial score (nSPS) is 25.6. The van der Waals surface area contributed by atoms with Crippen molar-refractivity contribution in [2.75, 3.05) is 0 Å². The molecule has 13 heteroatoms. The molecule has 3 N–H and O–H groups in total. The van der Waals surface area contributed by atoms with Gasteiger partial charge in [0.25, 0.3) is 5.79 Å². The summed E-state index contributed by atoms with van der Waals surface area (Å²) in [5, 5.41) is 35.0. The highest BCUT2D eigenvalue weighted by Gasteiger charge is 2.68. The van der Waals surface area contributed by atoms with Crippen LogP contribution in [-0.2, 0) is 27.9 Å². The van der Waals surface area contributed by atoms with E-state index < -0.39 is 73.9 Å². The average molecular weight is 677 g/mol. The van der Waals surface area contributed by atoms with Crippen LogP contribution < -0.4 is 0 Å². The zero-order chi connectivity index (χ0) is 33.9. The third-order valence-corrected chi connectivity index (χ3v) is 24.6. The first kappa shape index (κ1) is 38.3. The second kappa shape index (κ2) is 11.7. The molecule has 1 aromatic rings. The van der Waals surface area contributed by atoms with Crippen LogP contribution in [0.15, 0.2) is 46.4 Å².